The molecule has 3 aromatic rings. The van der Waals surface area contributed by atoms with E-state index in [0.717, 1.165) is 12.0 Å². The first-order chi connectivity index (χ1) is 13.1. The van der Waals surface area contributed by atoms with E-state index in [0.29, 0.717) is 27.4 Å². The van der Waals surface area contributed by atoms with E-state index in [-0.39, 0.29) is 11.6 Å². The van der Waals surface area contributed by atoms with Crippen LogP contribution in [0.5, 0.6) is 17.2 Å². The van der Waals surface area contributed by atoms with Crippen LogP contribution < -0.4 is 14.2 Å². The number of methoxy groups -OCH3 is 2. The van der Waals surface area contributed by atoms with Crippen LogP contribution in [0.3, 0.4) is 0 Å². The van der Waals surface area contributed by atoms with Crippen molar-refractivity contribution in [3.05, 3.63) is 35.9 Å². The van der Waals surface area contributed by atoms with Crippen molar-refractivity contribution in [2.75, 3.05) is 18.9 Å². The van der Waals surface area contributed by atoms with Crippen molar-refractivity contribution in [3.63, 3.8) is 0 Å². The summed E-state index contributed by atoms with van der Waals surface area (Å²) < 4.78 is 31.4. The maximum atomic E-state index is 12.8. The van der Waals surface area contributed by atoms with Gasteiger partial charge in [-0.15, -0.1) is 0 Å². The molecule has 0 aliphatic rings. The van der Waals surface area contributed by atoms with Gasteiger partial charge in [-0.1, -0.05) is 32.0 Å². The summed E-state index contributed by atoms with van der Waals surface area (Å²) in [5.41, 5.74) is 1.36. The maximum Gasteiger partial charge on any atom is 0.193 e. The second-order valence-electron chi connectivity index (χ2n) is 5.26. The minimum atomic E-state index is -1.62. The SMILES string of the molecule is CC.CCc1ccc(OC)c(S(=O)Nc2noc3cc(O)cc(OC)c23)c1. The molecule has 1 unspecified atom stereocenters. The summed E-state index contributed by atoms with van der Waals surface area (Å²) in [5, 5.41) is 14.1. The molecule has 2 N–H and O–H groups in total. The van der Waals surface area contributed by atoms with Crippen molar-refractivity contribution < 1.29 is 23.3 Å². The highest BCUT2D eigenvalue weighted by Crippen LogP contribution is 2.36. The summed E-state index contributed by atoms with van der Waals surface area (Å²) >= 11 is 0. The monoisotopic (exact) mass is 392 g/mol. The molecule has 1 heterocycles. The number of aromatic hydroxyl groups is 1. The summed E-state index contributed by atoms with van der Waals surface area (Å²) in [4.78, 5) is 0.510. The van der Waals surface area contributed by atoms with Gasteiger partial charge in [-0.2, -0.15) is 0 Å². The Morgan fingerprint density at radius 2 is 1.85 bits per heavy atom. The van der Waals surface area contributed by atoms with E-state index in [9.17, 15) is 9.32 Å². The summed E-state index contributed by atoms with van der Waals surface area (Å²) in [5.74, 6) is 1.13. The van der Waals surface area contributed by atoms with E-state index >= 15 is 0 Å². The molecule has 27 heavy (non-hydrogen) atoms. The quantitative estimate of drug-likeness (QED) is 0.650. The molecule has 2 aromatic carbocycles. The van der Waals surface area contributed by atoms with Crippen LogP contribution in [0.2, 0.25) is 0 Å². The van der Waals surface area contributed by atoms with Crippen LogP contribution >= 0.6 is 0 Å². The second kappa shape index (κ2) is 9.27. The molecule has 1 atom stereocenters. The normalized spacial score (nSPS) is 11.4. The van der Waals surface area contributed by atoms with Gasteiger partial charge in [0.1, 0.15) is 27.5 Å². The van der Waals surface area contributed by atoms with Gasteiger partial charge in [-0.25, -0.2) is 4.21 Å². The molecule has 3 rings (SSSR count). The zero-order chi connectivity index (χ0) is 20.0. The number of nitrogens with one attached hydrogen (secondary N) is 1. The molecule has 0 saturated heterocycles. The Kier molecular flexibility index (Phi) is 7.06. The zero-order valence-corrected chi connectivity index (χ0v) is 16.8. The number of rotatable bonds is 6. The molecule has 0 radical (unpaired) electrons. The van der Waals surface area contributed by atoms with Crippen molar-refractivity contribution in [1.82, 2.24) is 5.16 Å². The van der Waals surface area contributed by atoms with E-state index in [1.54, 1.807) is 6.07 Å². The van der Waals surface area contributed by atoms with Crippen LogP contribution in [0.1, 0.15) is 26.3 Å². The van der Waals surface area contributed by atoms with Crippen molar-refractivity contribution in [2.24, 2.45) is 0 Å². The summed E-state index contributed by atoms with van der Waals surface area (Å²) in [6.45, 7) is 6.02. The molecule has 1 aromatic heterocycles. The van der Waals surface area contributed by atoms with E-state index < -0.39 is 11.0 Å². The lowest BCUT2D eigenvalue weighted by atomic mass is 10.2. The maximum absolute atomic E-state index is 12.8. The third-order valence-electron chi connectivity index (χ3n) is 3.77. The van der Waals surface area contributed by atoms with Crippen LogP contribution in [0.4, 0.5) is 5.82 Å². The molecule has 0 amide bonds. The first kappa shape index (κ1) is 20.6. The Hall–Kier alpha value is -2.74. The van der Waals surface area contributed by atoms with Gasteiger partial charge < -0.3 is 19.1 Å². The van der Waals surface area contributed by atoms with E-state index in [2.05, 4.69) is 9.88 Å². The topological polar surface area (TPSA) is 93.8 Å². The van der Waals surface area contributed by atoms with Gasteiger partial charge in [-0.3, -0.25) is 4.72 Å². The van der Waals surface area contributed by atoms with Crippen molar-refractivity contribution >= 4 is 27.8 Å². The standard InChI is InChI=1S/C17H18N2O5S.C2H6/c1-4-10-5-6-12(22-2)15(7-10)25(21)19-17-16-13(23-3)8-11(20)9-14(16)24-18-17;1-2/h5-9,20H,4H2,1-3H3,(H,18,19);1-2H3. The largest absolute Gasteiger partial charge is 0.508 e. The number of aromatic nitrogens is 1. The van der Waals surface area contributed by atoms with E-state index in [1.807, 2.05) is 32.9 Å². The average molecular weight is 392 g/mol. The Labute approximate surface area is 160 Å². The molecule has 7 nitrogen and oxygen atoms in total. The van der Waals surface area contributed by atoms with Gasteiger partial charge in [0, 0.05) is 12.1 Å². The van der Waals surface area contributed by atoms with Crippen molar-refractivity contribution in [1.29, 1.82) is 0 Å². The molecule has 146 valence electrons. The van der Waals surface area contributed by atoms with Gasteiger partial charge >= 0.3 is 0 Å². The number of phenolic OH excluding ortho intramolecular Hbond substituents is 1. The summed E-state index contributed by atoms with van der Waals surface area (Å²) in [6, 6.07) is 8.39. The van der Waals surface area contributed by atoms with E-state index in [1.165, 1.54) is 26.4 Å². The molecule has 0 saturated carbocycles. The van der Waals surface area contributed by atoms with Gasteiger partial charge in [-0.05, 0) is 24.1 Å². The Balaban J connectivity index is 0.00000126. The minimum absolute atomic E-state index is 0.00881. The number of ether oxygens (including phenoxy) is 2. The minimum Gasteiger partial charge on any atom is -0.508 e. The highest BCUT2D eigenvalue weighted by molar-refractivity contribution is 7.86. The smallest absolute Gasteiger partial charge is 0.193 e. The second-order valence-corrected chi connectivity index (χ2v) is 6.44. The highest BCUT2D eigenvalue weighted by Gasteiger charge is 2.19. The third kappa shape index (κ3) is 4.33. The summed E-state index contributed by atoms with van der Waals surface area (Å²) in [7, 11) is 1.37. The van der Waals surface area contributed by atoms with Crippen LogP contribution in [0.25, 0.3) is 11.0 Å². The number of hydrogen-bond acceptors (Lipinski definition) is 6. The number of hydrogen-bond donors (Lipinski definition) is 2. The highest BCUT2D eigenvalue weighted by atomic mass is 32.2. The molecule has 0 aliphatic carbocycles. The number of nitrogens with zero attached hydrogens (tertiary/aromatic N) is 1. The number of anilines is 1. The molecule has 0 fully saturated rings. The average Bonchev–Trinajstić information content (AvgIpc) is 3.10. The van der Waals surface area contributed by atoms with Crippen LogP contribution in [0.15, 0.2) is 39.8 Å². The fraction of sp³-hybridized carbons (Fsp3) is 0.316. The lowest BCUT2D eigenvalue weighted by Crippen LogP contribution is -2.07. The fourth-order valence-electron chi connectivity index (χ4n) is 2.48. The number of phenols is 1. The predicted molar refractivity (Wildman–Crippen MR) is 106 cm³/mol. The summed E-state index contributed by atoms with van der Waals surface area (Å²) in [6.07, 6.45) is 0.814. The number of aryl methyl sites for hydroxylation is 1. The first-order valence-electron chi connectivity index (χ1n) is 8.59. The third-order valence-corrected chi connectivity index (χ3v) is 4.87. The lowest BCUT2D eigenvalue weighted by molar-refractivity contribution is 0.404. The van der Waals surface area contributed by atoms with E-state index in [4.69, 9.17) is 14.0 Å². The molecular weight excluding hydrogens is 368 g/mol. The number of benzene rings is 2. The zero-order valence-electron chi connectivity index (χ0n) is 16.0. The van der Waals surface area contributed by atoms with Crippen molar-refractivity contribution in [2.45, 2.75) is 32.1 Å². The van der Waals surface area contributed by atoms with Crippen LogP contribution in [-0.2, 0) is 17.4 Å². The van der Waals surface area contributed by atoms with Gasteiger partial charge in [0.05, 0.1) is 14.2 Å². The van der Waals surface area contributed by atoms with Gasteiger partial charge in [0.2, 0.25) is 0 Å². The Morgan fingerprint density at radius 3 is 2.48 bits per heavy atom. The molecule has 0 aliphatic heterocycles. The van der Waals surface area contributed by atoms with Crippen LogP contribution in [0, 0.1) is 0 Å². The Bertz CT molecular complexity index is 939. The van der Waals surface area contributed by atoms with Crippen molar-refractivity contribution in [3.8, 4) is 17.2 Å². The first-order valence-corrected chi connectivity index (χ1v) is 9.74. The fourth-order valence-corrected chi connectivity index (χ4v) is 3.50. The van der Waals surface area contributed by atoms with Crippen LogP contribution in [-0.4, -0.2) is 28.7 Å². The molecule has 0 bridgehead atoms. The molecule has 0 spiro atoms. The lowest BCUT2D eigenvalue weighted by Gasteiger charge is -2.10. The Morgan fingerprint density at radius 1 is 1.15 bits per heavy atom. The predicted octanol–water partition coefficient (Wildman–Crippen LogP) is 4.27. The van der Waals surface area contributed by atoms with Gasteiger partial charge in [0.25, 0.3) is 0 Å². The molecular formula is C19H24N2O5S. The number of fused-ring (bicyclic) bond motifs is 1. The molecule has 8 heteroatoms. The van der Waals surface area contributed by atoms with Gasteiger partial charge in [0.15, 0.2) is 22.4 Å².